The number of aliphatic hydroxyl groups excluding tert-OH is 1. The molecule has 0 amide bonds. The molecular formula is C30H36N2O7. The Hall–Kier alpha value is -3.69. The van der Waals surface area contributed by atoms with E-state index in [0.29, 0.717) is 12.1 Å². The molecule has 0 saturated heterocycles. The number of aromatic amines is 1. The van der Waals surface area contributed by atoms with Crippen LogP contribution in [0.5, 0.6) is 0 Å². The van der Waals surface area contributed by atoms with Gasteiger partial charge in [-0.25, -0.2) is 0 Å². The first-order valence-electron chi connectivity index (χ1n) is 13.5. The first kappa shape index (κ1) is 28.3. The van der Waals surface area contributed by atoms with E-state index in [4.69, 9.17) is 0 Å². The van der Waals surface area contributed by atoms with Gasteiger partial charge in [0, 0.05) is 34.4 Å². The van der Waals surface area contributed by atoms with E-state index in [9.17, 15) is 24.6 Å². The summed E-state index contributed by atoms with van der Waals surface area (Å²) in [5, 5.41) is 21.3. The quantitative estimate of drug-likeness (QED) is 0.369. The van der Waals surface area contributed by atoms with Crippen LogP contribution in [0.3, 0.4) is 0 Å². The summed E-state index contributed by atoms with van der Waals surface area (Å²) in [5.41, 5.74) is 7.33. The second kappa shape index (κ2) is 12.4. The Bertz CT molecular complexity index is 1310. The molecule has 4 atom stereocenters. The number of carboxylic acids is 1. The second-order valence-corrected chi connectivity index (χ2v) is 10.1. The molecular weight excluding hydrogens is 500 g/mol. The topological polar surface area (TPSA) is 133 Å². The van der Waals surface area contributed by atoms with E-state index in [-0.39, 0.29) is 26.1 Å². The molecule has 1 aromatic heterocycles. The number of carboxylic acid groups (broad SMARTS) is 1. The molecule has 0 spiro atoms. The smallest absolute Gasteiger partial charge is 0.306 e. The second-order valence-electron chi connectivity index (χ2n) is 10.1. The highest BCUT2D eigenvalue weighted by Gasteiger charge is 2.44. The summed E-state index contributed by atoms with van der Waals surface area (Å²) >= 11 is 0. The Morgan fingerprint density at radius 1 is 1.03 bits per heavy atom. The van der Waals surface area contributed by atoms with Crippen molar-refractivity contribution >= 4 is 28.8 Å². The van der Waals surface area contributed by atoms with E-state index >= 15 is 0 Å². The van der Waals surface area contributed by atoms with Crippen LogP contribution in [0, 0.1) is 5.92 Å². The van der Waals surface area contributed by atoms with Crippen LogP contribution in [-0.4, -0.2) is 53.4 Å². The summed E-state index contributed by atoms with van der Waals surface area (Å²) in [7, 11) is 0. The van der Waals surface area contributed by atoms with E-state index in [1.165, 1.54) is 34.1 Å². The molecule has 3 aromatic rings. The minimum Gasteiger partial charge on any atom is -0.547 e. The molecule has 39 heavy (non-hydrogen) atoms. The van der Waals surface area contributed by atoms with Crippen molar-refractivity contribution < 1.29 is 39.0 Å². The molecule has 0 aliphatic carbocycles. The number of fused-ring (bicyclic) bond motifs is 7. The van der Waals surface area contributed by atoms with Crippen LogP contribution in [0.4, 0.5) is 0 Å². The van der Waals surface area contributed by atoms with Gasteiger partial charge in [0.05, 0.1) is 49.9 Å². The Morgan fingerprint density at radius 2 is 1.64 bits per heavy atom. The summed E-state index contributed by atoms with van der Waals surface area (Å²) in [4.78, 5) is 38.4. The molecule has 4 unspecified atom stereocenters. The standard InChI is InChI=1S/C19H18N2.C11H18O7/c1-12-10-16-15-8-4-5-9-17(15)20-18(16)19-14-7-3-2-6-13(14)11-21(12)19;1-3-17-8(12)5-7(10(14)11(15)16)6-9(13)18-4-2/h2-9,12,19-20H,10-11H2,1H3;7,10,14H,3-6H2,1-2H3,(H,15,16). The lowest BCUT2D eigenvalue weighted by molar-refractivity contribution is -0.957. The van der Waals surface area contributed by atoms with E-state index in [2.05, 4.69) is 69.9 Å². The predicted octanol–water partition coefficient (Wildman–Crippen LogP) is 1.22. The fourth-order valence-electron chi connectivity index (χ4n) is 5.78. The van der Waals surface area contributed by atoms with Gasteiger partial charge in [0.1, 0.15) is 6.54 Å². The fraction of sp³-hybridized carbons (Fsp3) is 0.433. The van der Waals surface area contributed by atoms with Crippen LogP contribution < -0.4 is 10.0 Å². The zero-order chi connectivity index (χ0) is 28.1. The minimum atomic E-state index is -1.92. The number of carbonyl (C=O) groups excluding carboxylic acids is 3. The van der Waals surface area contributed by atoms with Crippen LogP contribution in [0.25, 0.3) is 10.9 Å². The summed E-state index contributed by atoms with van der Waals surface area (Å²) < 4.78 is 9.26. The van der Waals surface area contributed by atoms with Crippen LogP contribution in [0.15, 0.2) is 48.5 Å². The van der Waals surface area contributed by atoms with Gasteiger partial charge in [-0.1, -0.05) is 42.5 Å². The first-order chi connectivity index (χ1) is 18.7. The highest BCUT2D eigenvalue weighted by molar-refractivity contribution is 5.85. The number of aliphatic hydroxyl groups is 1. The molecule has 0 bridgehead atoms. The van der Waals surface area contributed by atoms with Crippen molar-refractivity contribution in [3.05, 3.63) is 70.9 Å². The van der Waals surface area contributed by atoms with Gasteiger partial charge in [-0.2, -0.15) is 0 Å². The summed E-state index contributed by atoms with van der Waals surface area (Å²) in [6.07, 6.45) is -1.51. The number of carbonyl (C=O) groups is 3. The molecule has 2 aliphatic rings. The van der Waals surface area contributed by atoms with Gasteiger partial charge in [-0.15, -0.1) is 0 Å². The van der Waals surface area contributed by atoms with Gasteiger partial charge < -0.3 is 34.4 Å². The Labute approximate surface area is 227 Å². The first-order valence-corrected chi connectivity index (χ1v) is 13.5. The molecule has 9 nitrogen and oxygen atoms in total. The van der Waals surface area contributed by atoms with E-state index in [1.54, 1.807) is 24.3 Å². The van der Waals surface area contributed by atoms with Gasteiger partial charge in [0.15, 0.2) is 6.04 Å². The summed E-state index contributed by atoms with van der Waals surface area (Å²) in [6.45, 7) is 7.01. The number of para-hydroxylation sites is 1. The zero-order valence-electron chi connectivity index (χ0n) is 22.6. The number of H-pyrrole nitrogens is 1. The van der Waals surface area contributed by atoms with Gasteiger partial charge in [0.2, 0.25) is 0 Å². The number of quaternary nitrogens is 1. The van der Waals surface area contributed by atoms with E-state index in [1.807, 2.05) is 0 Å². The number of aliphatic carboxylic acids is 1. The lowest BCUT2D eigenvalue weighted by Crippen LogP contribution is -3.14. The normalized spacial score (nSPS) is 19.8. The van der Waals surface area contributed by atoms with Crippen molar-refractivity contribution in [3.63, 3.8) is 0 Å². The number of nitrogens with one attached hydrogen (secondary N) is 2. The number of aromatic nitrogens is 1. The maximum absolute atomic E-state index is 11.2. The summed E-state index contributed by atoms with van der Waals surface area (Å²) in [6, 6.07) is 18.9. The highest BCUT2D eigenvalue weighted by Crippen LogP contribution is 2.36. The molecule has 9 heteroatoms. The van der Waals surface area contributed by atoms with Gasteiger partial charge in [-0.3, -0.25) is 9.59 Å². The summed E-state index contributed by atoms with van der Waals surface area (Å²) in [5.74, 6) is -4.24. The lowest BCUT2D eigenvalue weighted by atomic mass is 9.91. The predicted molar refractivity (Wildman–Crippen MR) is 141 cm³/mol. The molecule has 3 heterocycles. The Balaban J connectivity index is 0.000000185. The number of hydrogen-bond acceptors (Lipinski definition) is 7. The van der Waals surface area contributed by atoms with Gasteiger partial charge in [0.25, 0.3) is 0 Å². The molecule has 0 saturated carbocycles. The third kappa shape index (κ3) is 6.15. The third-order valence-corrected chi connectivity index (χ3v) is 7.57. The molecule has 2 aliphatic heterocycles. The number of ether oxygens (including phenoxy) is 2. The van der Waals surface area contributed by atoms with Crippen LogP contribution in [-0.2, 0) is 36.8 Å². The number of hydrogen-bond donors (Lipinski definition) is 3. The van der Waals surface area contributed by atoms with E-state index in [0.717, 1.165) is 6.54 Å². The number of rotatable bonds is 8. The molecule has 5 rings (SSSR count). The van der Waals surface area contributed by atoms with E-state index < -0.39 is 29.9 Å². The SMILES string of the molecule is CC1Cc2c([nH]c3ccccc23)C2c3ccccc3C[NH+]12.CCOC(=O)CC(CC(=O)OCC)C(O)C(=O)[O-]. The van der Waals surface area contributed by atoms with Gasteiger partial charge in [-0.05, 0) is 32.4 Å². The zero-order valence-corrected chi connectivity index (χ0v) is 22.6. The van der Waals surface area contributed by atoms with Crippen molar-refractivity contribution in [1.82, 2.24) is 4.98 Å². The molecule has 208 valence electrons. The monoisotopic (exact) mass is 536 g/mol. The Morgan fingerprint density at radius 3 is 2.28 bits per heavy atom. The van der Waals surface area contributed by atoms with Crippen molar-refractivity contribution in [2.45, 2.75) is 64.8 Å². The average Bonchev–Trinajstić information content (AvgIpc) is 3.48. The maximum atomic E-state index is 11.2. The van der Waals surface area contributed by atoms with Crippen molar-refractivity contribution in [2.75, 3.05) is 13.2 Å². The van der Waals surface area contributed by atoms with Crippen molar-refractivity contribution in [1.29, 1.82) is 0 Å². The fourth-order valence-corrected chi connectivity index (χ4v) is 5.78. The number of benzene rings is 2. The van der Waals surface area contributed by atoms with Gasteiger partial charge >= 0.3 is 11.9 Å². The molecule has 0 fully saturated rings. The van der Waals surface area contributed by atoms with Crippen LogP contribution >= 0.6 is 0 Å². The van der Waals surface area contributed by atoms with Crippen LogP contribution in [0.2, 0.25) is 0 Å². The number of esters is 2. The largest absolute Gasteiger partial charge is 0.547 e. The molecule has 3 N–H and O–H groups in total. The molecule has 0 radical (unpaired) electrons. The average molecular weight is 537 g/mol. The highest BCUT2D eigenvalue weighted by atomic mass is 16.5. The maximum Gasteiger partial charge on any atom is 0.306 e. The minimum absolute atomic E-state index is 0.131. The van der Waals surface area contributed by atoms with Crippen molar-refractivity contribution in [3.8, 4) is 0 Å². The lowest BCUT2D eigenvalue weighted by Gasteiger charge is -2.32. The van der Waals surface area contributed by atoms with Crippen molar-refractivity contribution in [2.24, 2.45) is 5.92 Å². The van der Waals surface area contributed by atoms with Crippen LogP contribution in [0.1, 0.15) is 62.0 Å². The third-order valence-electron chi connectivity index (χ3n) is 7.57. The Kier molecular flexibility index (Phi) is 9.04. The molecule has 2 aromatic carbocycles.